The number of allylic oxidation sites excluding steroid dienone is 2. The van der Waals surface area contributed by atoms with Crippen LogP contribution in [0.3, 0.4) is 0 Å². The zero-order valence-electron chi connectivity index (χ0n) is 5.19. The highest BCUT2D eigenvalue weighted by atomic mass is 127. The van der Waals surface area contributed by atoms with E-state index in [-0.39, 0.29) is 20.7 Å². The summed E-state index contributed by atoms with van der Waals surface area (Å²) in [5.74, 6) is 0. The van der Waals surface area contributed by atoms with E-state index in [1.165, 1.54) is 0 Å². The first-order valence-corrected chi connectivity index (χ1v) is 5.10. The van der Waals surface area contributed by atoms with Crippen LogP contribution in [-0.2, 0) is 0 Å². The number of rotatable bonds is 2. The number of aliphatic imine (C=N–C) groups is 1. The fourth-order valence-electron chi connectivity index (χ4n) is 0.186. The molecule has 0 aromatic carbocycles. The van der Waals surface area contributed by atoms with E-state index in [4.69, 9.17) is 0 Å². The number of halogens is 1. The van der Waals surface area contributed by atoms with Crippen molar-refractivity contribution in [2.45, 2.75) is 13.8 Å². The van der Waals surface area contributed by atoms with Gasteiger partial charge in [0.25, 0.3) is 0 Å². The lowest BCUT2D eigenvalue weighted by molar-refractivity contribution is 1.30. The third-order valence-corrected chi connectivity index (χ3v) is 1.41. The van der Waals surface area contributed by atoms with Crippen molar-refractivity contribution in [3.63, 3.8) is 0 Å². The molecule has 0 unspecified atom stereocenters. The Hall–Kier alpha value is 0.01000. The molecule has 0 saturated heterocycles. The van der Waals surface area contributed by atoms with Crippen molar-refractivity contribution < 1.29 is 0 Å². The molecule has 0 aromatic heterocycles. The first-order chi connectivity index (χ1) is 3.81. The number of nitrogens with zero attached hydrogens (tertiary/aromatic N) is 1. The largest absolute Gasteiger partial charge is 0.256 e. The Morgan fingerprint density at radius 3 is 2.75 bits per heavy atom. The summed E-state index contributed by atoms with van der Waals surface area (Å²) >= 11 is -0.0148. The van der Waals surface area contributed by atoms with Crippen molar-refractivity contribution in [2.24, 2.45) is 4.99 Å². The van der Waals surface area contributed by atoms with Crippen molar-refractivity contribution in [2.75, 3.05) is 0 Å². The zero-order valence-corrected chi connectivity index (χ0v) is 7.34. The van der Waals surface area contributed by atoms with Gasteiger partial charge in [0, 0.05) is 5.70 Å². The lowest BCUT2D eigenvalue weighted by atomic mass is 10.5. The first kappa shape index (κ1) is 8.01. The Balaban J connectivity index is 3.69. The Morgan fingerprint density at radius 1 is 1.75 bits per heavy atom. The van der Waals surface area contributed by atoms with E-state index in [2.05, 4.69) is 9.51 Å². The minimum Gasteiger partial charge on any atom is -0.256 e. The summed E-state index contributed by atoms with van der Waals surface area (Å²) in [6.45, 7) is 3.96. The summed E-state index contributed by atoms with van der Waals surface area (Å²) in [6, 6.07) is 0. The highest BCUT2D eigenvalue weighted by Crippen LogP contribution is 1.94. The Bertz CT molecular complexity index is 124. The Morgan fingerprint density at radius 2 is 2.38 bits per heavy atom. The van der Waals surface area contributed by atoms with Crippen LogP contribution in [-0.4, -0.2) is 8.74 Å². The molecule has 0 radical (unpaired) electrons. The average molecular weight is 223 g/mol. The van der Waals surface area contributed by atoms with Crippen LogP contribution in [0.2, 0.25) is 0 Å². The van der Waals surface area contributed by atoms with Crippen molar-refractivity contribution in [3.8, 4) is 0 Å². The van der Waals surface area contributed by atoms with E-state index in [0.717, 1.165) is 5.70 Å². The lowest BCUT2D eigenvalue weighted by Gasteiger charge is -1.82. The van der Waals surface area contributed by atoms with Crippen molar-refractivity contribution in [3.05, 3.63) is 11.8 Å². The molecular formula is C6H10IN. The summed E-state index contributed by atoms with van der Waals surface area (Å²) in [5.41, 5.74) is 1.08. The van der Waals surface area contributed by atoms with Crippen LogP contribution in [0.15, 0.2) is 16.8 Å². The SMILES string of the molecule is C=IC=N/C(C)=C\C. The van der Waals surface area contributed by atoms with Gasteiger partial charge in [0.05, 0.1) is 4.22 Å². The molecule has 46 valence electrons. The fourth-order valence-corrected chi connectivity index (χ4v) is 0.822. The molecule has 0 rings (SSSR count). The molecule has 2 heteroatoms. The third-order valence-electron chi connectivity index (χ3n) is 0.739. The molecule has 0 heterocycles. The lowest BCUT2D eigenvalue weighted by Crippen LogP contribution is -1.63. The maximum atomic E-state index is 4.08. The van der Waals surface area contributed by atoms with Gasteiger partial charge in [-0.25, -0.2) is 0 Å². The maximum Gasteiger partial charge on any atom is 0.0594 e. The second-order valence-corrected chi connectivity index (χ2v) is 2.75. The molecule has 0 aliphatic carbocycles. The van der Waals surface area contributed by atoms with Gasteiger partial charge in [0.1, 0.15) is 0 Å². The predicted octanol–water partition coefficient (Wildman–Crippen LogP) is 2.34. The van der Waals surface area contributed by atoms with Crippen molar-refractivity contribution in [1.29, 1.82) is 0 Å². The second kappa shape index (κ2) is 5.15. The van der Waals surface area contributed by atoms with E-state index in [1.54, 1.807) is 0 Å². The highest BCUT2D eigenvalue weighted by Gasteiger charge is 1.71. The van der Waals surface area contributed by atoms with Gasteiger partial charge in [-0.2, -0.15) is 0 Å². The van der Waals surface area contributed by atoms with Crippen LogP contribution in [0.25, 0.3) is 0 Å². The first-order valence-electron chi connectivity index (χ1n) is 2.33. The summed E-state index contributed by atoms with van der Waals surface area (Å²) in [5, 5.41) is 0. The van der Waals surface area contributed by atoms with Gasteiger partial charge in [-0.1, -0.05) is 31.3 Å². The molecule has 0 spiro atoms. The molecule has 0 aliphatic rings. The molecule has 0 atom stereocenters. The summed E-state index contributed by atoms with van der Waals surface area (Å²) < 4.78 is 5.64. The molecule has 0 amide bonds. The quantitative estimate of drug-likeness (QED) is 0.503. The van der Waals surface area contributed by atoms with Gasteiger partial charge in [-0.3, -0.25) is 4.99 Å². The zero-order chi connectivity index (χ0) is 6.41. The van der Waals surface area contributed by atoms with Crippen LogP contribution in [0, 0.1) is 0 Å². The van der Waals surface area contributed by atoms with E-state index in [9.17, 15) is 0 Å². The monoisotopic (exact) mass is 223 g/mol. The Kier molecular flexibility index (Phi) is 5.16. The predicted molar refractivity (Wildman–Crippen MR) is 49.1 cm³/mol. The van der Waals surface area contributed by atoms with E-state index in [0.29, 0.717) is 0 Å². The third kappa shape index (κ3) is 4.18. The normalized spacial score (nSPS) is 13.0. The Labute approximate surface area is 60.3 Å². The molecule has 0 N–H and O–H groups in total. The maximum absolute atomic E-state index is 4.08. The van der Waals surface area contributed by atoms with Crippen molar-refractivity contribution in [1.82, 2.24) is 0 Å². The van der Waals surface area contributed by atoms with Gasteiger partial charge in [-0.15, -0.1) is 0 Å². The standard InChI is InChI=1S/C6H10IN/c1-4-6(2)8-5-7-3/h4-5H,3H2,1-2H3/b6-4-,8-5?. The van der Waals surface area contributed by atoms with Gasteiger partial charge in [-0.05, 0) is 13.8 Å². The van der Waals surface area contributed by atoms with Crippen molar-refractivity contribution >= 4 is 29.5 Å². The van der Waals surface area contributed by atoms with Gasteiger partial charge in [0.2, 0.25) is 0 Å². The molecule has 8 heavy (non-hydrogen) atoms. The summed E-state index contributed by atoms with van der Waals surface area (Å²) in [4.78, 5) is 4.08. The number of hydrogen-bond acceptors (Lipinski definition) is 1. The van der Waals surface area contributed by atoms with E-state index in [1.807, 2.05) is 24.1 Å². The van der Waals surface area contributed by atoms with Crippen LogP contribution in [0.5, 0.6) is 0 Å². The number of hydrogen-bond donors (Lipinski definition) is 0. The van der Waals surface area contributed by atoms with E-state index >= 15 is 0 Å². The fraction of sp³-hybridized carbons (Fsp3) is 0.333. The van der Waals surface area contributed by atoms with E-state index < -0.39 is 0 Å². The molecular weight excluding hydrogens is 213 g/mol. The molecule has 0 saturated carbocycles. The van der Waals surface area contributed by atoms with Gasteiger partial charge >= 0.3 is 0 Å². The second-order valence-electron chi connectivity index (χ2n) is 1.31. The van der Waals surface area contributed by atoms with Gasteiger partial charge < -0.3 is 0 Å². The average Bonchev–Trinajstić information content (AvgIpc) is 1.83. The van der Waals surface area contributed by atoms with Gasteiger partial charge in [0.15, 0.2) is 0 Å². The van der Waals surface area contributed by atoms with Crippen LogP contribution in [0.4, 0.5) is 0 Å². The topological polar surface area (TPSA) is 12.4 Å². The minimum atomic E-state index is -0.0148. The molecule has 0 fully saturated rings. The highest BCUT2D eigenvalue weighted by molar-refractivity contribution is 14.2. The van der Waals surface area contributed by atoms with Crippen LogP contribution in [0.1, 0.15) is 13.8 Å². The molecule has 0 aromatic rings. The summed E-state index contributed by atoms with van der Waals surface area (Å²) in [7, 11) is 0. The molecule has 0 aliphatic heterocycles. The molecule has 1 nitrogen and oxygen atoms in total. The minimum absolute atomic E-state index is 0.0148. The van der Waals surface area contributed by atoms with Crippen LogP contribution >= 0.6 is 20.7 Å². The smallest absolute Gasteiger partial charge is 0.0594 e. The summed E-state index contributed by atoms with van der Waals surface area (Å²) in [6.07, 6.45) is 1.98. The molecule has 0 bridgehead atoms. The van der Waals surface area contributed by atoms with Crippen LogP contribution < -0.4 is 0 Å².